The van der Waals surface area contributed by atoms with Crippen LogP contribution >= 0.6 is 0 Å². The van der Waals surface area contributed by atoms with E-state index in [9.17, 15) is 19.6 Å². The molecule has 0 bridgehead atoms. The van der Waals surface area contributed by atoms with Crippen molar-refractivity contribution < 1.29 is 29.1 Å². The van der Waals surface area contributed by atoms with Gasteiger partial charge in [-0.05, 0) is 32.9 Å². The lowest BCUT2D eigenvalue weighted by molar-refractivity contribution is 0.0487. The molecule has 0 spiro atoms. The van der Waals surface area contributed by atoms with Gasteiger partial charge in [0.15, 0.2) is 0 Å². The quantitative estimate of drug-likeness (QED) is 0.567. The first-order valence-corrected chi connectivity index (χ1v) is 5.57. The summed E-state index contributed by atoms with van der Waals surface area (Å²) in [7, 11) is -0.755. The highest BCUT2D eigenvalue weighted by molar-refractivity contribution is 6.58. The van der Waals surface area contributed by atoms with Crippen molar-refractivity contribution in [3.63, 3.8) is 0 Å². The molecule has 1 aromatic heterocycles. The van der Waals surface area contributed by atoms with E-state index in [4.69, 9.17) is 4.74 Å². The summed E-state index contributed by atoms with van der Waals surface area (Å²) in [6.07, 6.45) is -0.888. The summed E-state index contributed by atoms with van der Waals surface area (Å²) in [4.78, 5) is 23.5. The third-order valence-corrected chi connectivity index (χ3v) is 2.15. The molecule has 2 N–H and O–H groups in total. The van der Waals surface area contributed by atoms with Gasteiger partial charge in [-0.1, -0.05) is 0 Å². The topological polar surface area (TPSA) is 98.0 Å². The molecular formula is C11H16BNO6. The highest BCUT2D eigenvalue weighted by atomic mass is 16.6. The van der Waals surface area contributed by atoms with Crippen LogP contribution in [0.15, 0.2) is 12.1 Å². The molecule has 1 rings (SSSR count). The molecule has 0 saturated carbocycles. The van der Waals surface area contributed by atoms with Crippen LogP contribution < -0.4 is 5.59 Å². The maximum Gasteiger partial charge on any atom is 0.506 e. The third kappa shape index (κ3) is 3.58. The molecule has 0 radical (unpaired) electrons. The van der Waals surface area contributed by atoms with Gasteiger partial charge in [-0.25, -0.2) is 14.2 Å². The van der Waals surface area contributed by atoms with Crippen LogP contribution in [0.5, 0.6) is 0 Å². The molecule has 0 amide bonds. The average molecular weight is 269 g/mol. The first-order valence-electron chi connectivity index (χ1n) is 5.57. The molecule has 8 heteroatoms. The van der Waals surface area contributed by atoms with E-state index in [1.807, 2.05) is 0 Å². The Morgan fingerprint density at radius 1 is 1.26 bits per heavy atom. The van der Waals surface area contributed by atoms with E-state index in [1.165, 1.54) is 12.1 Å². The molecule has 0 atom stereocenters. The smallest absolute Gasteiger partial charge is 0.464 e. The normalized spacial score (nSPS) is 11.1. The average Bonchev–Trinajstić information content (AvgIpc) is 2.70. The van der Waals surface area contributed by atoms with Gasteiger partial charge in [0.2, 0.25) is 0 Å². The van der Waals surface area contributed by atoms with E-state index >= 15 is 0 Å². The molecule has 0 aliphatic carbocycles. The van der Waals surface area contributed by atoms with E-state index in [-0.39, 0.29) is 11.3 Å². The summed E-state index contributed by atoms with van der Waals surface area (Å²) in [5.74, 6) is -0.780. The fourth-order valence-corrected chi connectivity index (χ4v) is 1.43. The Morgan fingerprint density at radius 3 is 2.26 bits per heavy atom. The highest BCUT2D eigenvalue weighted by Crippen LogP contribution is 2.11. The van der Waals surface area contributed by atoms with E-state index in [1.54, 1.807) is 20.8 Å². The molecule has 7 nitrogen and oxygen atoms in total. The molecule has 104 valence electrons. The zero-order valence-electron chi connectivity index (χ0n) is 11.2. The first kappa shape index (κ1) is 15.3. The van der Waals surface area contributed by atoms with Crippen LogP contribution in [0.2, 0.25) is 0 Å². The van der Waals surface area contributed by atoms with Gasteiger partial charge in [-0.3, -0.25) is 0 Å². The minimum atomic E-state index is -1.91. The molecule has 1 aromatic rings. The standard InChI is InChI=1S/C11H16BNO6/c1-11(2,3)19-10(15)13-7(9(14)18-4)5-6-8(13)12(16)17/h5-6,16-17H,1-4H3. The SMILES string of the molecule is COC(=O)c1ccc(B(O)O)n1C(=O)OC(C)(C)C. The predicted molar refractivity (Wildman–Crippen MR) is 67.2 cm³/mol. The minimum Gasteiger partial charge on any atom is -0.464 e. The number of esters is 1. The lowest BCUT2D eigenvalue weighted by Crippen LogP contribution is -2.42. The molecule has 0 fully saturated rings. The number of hydrogen-bond donors (Lipinski definition) is 2. The van der Waals surface area contributed by atoms with Gasteiger partial charge in [0, 0.05) is 0 Å². The second kappa shape index (κ2) is 5.46. The van der Waals surface area contributed by atoms with Crippen LogP contribution in [-0.2, 0) is 9.47 Å². The maximum atomic E-state index is 12.0. The van der Waals surface area contributed by atoms with Crippen LogP contribution in [0.3, 0.4) is 0 Å². The minimum absolute atomic E-state index is 0.139. The van der Waals surface area contributed by atoms with Crippen molar-refractivity contribution in [2.45, 2.75) is 26.4 Å². The second-order valence-corrected chi connectivity index (χ2v) is 4.82. The number of methoxy groups -OCH3 is 1. The maximum absolute atomic E-state index is 12.0. The summed E-state index contributed by atoms with van der Waals surface area (Å²) in [5.41, 5.74) is -1.10. The van der Waals surface area contributed by atoms with Crippen LogP contribution in [0.1, 0.15) is 31.3 Å². The van der Waals surface area contributed by atoms with Gasteiger partial charge in [0.25, 0.3) is 0 Å². The number of ether oxygens (including phenoxy) is 2. The number of carbonyl (C=O) groups excluding carboxylic acids is 2. The lowest BCUT2D eigenvalue weighted by atomic mass is 9.86. The monoisotopic (exact) mass is 269 g/mol. The third-order valence-electron chi connectivity index (χ3n) is 2.15. The van der Waals surface area contributed by atoms with Crippen LogP contribution in [0.4, 0.5) is 4.79 Å². The summed E-state index contributed by atoms with van der Waals surface area (Å²) in [6, 6.07) is 2.49. The van der Waals surface area contributed by atoms with Crippen molar-refractivity contribution in [3.05, 3.63) is 17.8 Å². The summed E-state index contributed by atoms with van der Waals surface area (Å²) in [5, 5.41) is 18.4. The number of hydrogen-bond acceptors (Lipinski definition) is 6. The van der Waals surface area contributed by atoms with Gasteiger partial charge in [0.1, 0.15) is 11.3 Å². The van der Waals surface area contributed by atoms with E-state index in [0.29, 0.717) is 0 Å². The molecule has 0 aromatic carbocycles. The Balaban J connectivity index is 3.25. The summed E-state index contributed by atoms with van der Waals surface area (Å²) in [6.45, 7) is 4.96. The van der Waals surface area contributed by atoms with Gasteiger partial charge in [-0.15, -0.1) is 0 Å². The van der Waals surface area contributed by atoms with Crippen molar-refractivity contribution >= 4 is 24.8 Å². The van der Waals surface area contributed by atoms with Crippen molar-refractivity contribution in [2.24, 2.45) is 0 Å². The van der Waals surface area contributed by atoms with Crippen LogP contribution in [0.25, 0.3) is 0 Å². The number of rotatable bonds is 2. The molecule has 0 unspecified atom stereocenters. The summed E-state index contributed by atoms with van der Waals surface area (Å²) >= 11 is 0. The zero-order chi connectivity index (χ0) is 14.8. The Labute approximate surface area is 110 Å². The highest BCUT2D eigenvalue weighted by Gasteiger charge is 2.29. The number of nitrogens with zero attached hydrogens (tertiary/aromatic N) is 1. The Morgan fingerprint density at radius 2 is 1.84 bits per heavy atom. The Hall–Kier alpha value is -1.80. The second-order valence-electron chi connectivity index (χ2n) is 4.82. The molecule has 0 aliphatic rings. The lowest BCUT2D eigenvalue weighted by Gasteiger charge is -2.21. The molecular weight excluding hydrogens is 253 g/mol. The van der Waals surface area contributed by atoms with Gasteiger partial charge in [0.05, 0.1) is 12.7 Å². The van der Waals surface area contributed by atoms with E-state index in [2.05, 4.69) is 4.74 Å². The predicted octanol–water partition coefficient (Wildman–Crippen LogP) is -0.262. The van der Waals surface area contributed by atoms with Gasteiger partial charge >= 0.3 is 19.2 Å². The van der Waals surface area contributed by atoms with Gasteiger partial charge < -0.3 is 19.5 Å². The van der Waals surface area contributed by atoms with E-state index < -0.39 is 24.8 Å². The van der Waals surface area contributed by atoms with Crippen molar-refractivity contribution in [1.82, 2.24) is 4.57 Å². The fraction of sp³-hybridized carbons (Fsp3) is 0.455. The molecule has 19 heavy (non-hydrogen) atoms. The largest absolute Gasteiger partial charge is 0.506 e. The molecule has 1 heterocycles. The fourth-order valence-electron chi connectivity index (χ4n) is 1.43. The van der Waals surface area contributed by atoms with Crippen molar-refractivity contribution in [1.29, 1.82) is 0 Å². The van der Waals surface area contributed by atoms with Crippen LogP contribution in [0, 0.1) is 0 Å². The van der Waals surface area contributed by atoms with E-state index in [0.717, 1.165) is 11.7 Å². The van der Waals surface area contributed by atoms with Gasteiger partial charge in [-0.2, -0.15) is 0 Å². The zero-order valence-corrected chi connectivity index (χ0v) is 11.2. The molecule has 0 aliphatic heterocycles. The van der Waals surface area contributed by atoms with Crippen molar-refractivity contribution in [3.8, 4) is 0 Å². The Bertz CT molecular complexity index is 488. The first-order chi connectivity index (χ1) is 8.67. The Kier molecular flexibility index (Phi) is 4.38. The van der Waals surface area contributed by atoms with Crippen LogP contribution in [-0.4, -0.2) is 46.5 Å². The number of aromatic nitrogens is 1. The summed E-state index contributed by atoms with van der Waals surface area (Å²) < 4.78 is 10.4. The number of carbonyl (C=O) groups is 2. The van der Waals surface area contributed by atoms with Crippen molar-refractivity contribution in [2.75, 3.05) is 7.11 Å². The molecule has 0 saturated heterocycles.